The number of hydrogen-bond acceptors (Lipinski definition) is 2. The zero-order valence-electron chi connectivity index (χ0n) is 16.0. The number of benzene rings is 2. The zero-order chi connectivity index (χ0) is 17.5. The van der Waals surface area contributed by atoms with Crippen molar-refractivity contribution >= 4 is 24.2 Å². The van der Waals surface area contributed by atoms with Gasteiger partial charge in [0.1, 0.15) is 0 Å². The van der Waals surface area contributed by atoms with Crippen molar-refractivity contribution in [3.8, 4) is 0 Å². The normalized spacial score (nSPS) is 18.5. The van der Waals surface area contributed by atoms with Crippen LogP contribution in [0.1, 0.15) is 69.5 Å². The lowest BCUT2D eigenvalue weighted by Crippen LogP contribution is -2.48. The molecule has 3 rings (SSSR count). The molecule has 1 aliphatic rings. The van der Waals surface area contributed by atoms with Gasteiger partial charge in [0.25, 0.3) is 0 Å². The molecule has 26 heavy (non-hydrogen) atoms. The molecule has 142 valence electrons. The van der Waals surface area contributed by atoms with Crippen molar-refractivity contribution in [1.82, 2.24) is 5.32 Å². The molecule has 1 nitrogen and oxygen atoms in total. The third kappa shape index (κ3) is 5.06. The predicted octanol–water partition coefficient (Wildman–Crippen LogP) is 7.01. The largest absolute Gasteiger partial charge is 0.300 e. The third-order valence-electron chi connectivity index (χ3n) is 5.34. The summed E-state index contributed by atoms with van der Waals surface area (Å²) in [6, 6.07) is 20.2. The predicted molar refractivity (Wildman–Crippen MR) is 118 cm³/mol. The molecule has 0 saturated heterocycles. The summed E-state index contributed by atoms with van der Waals surface area (Å²) >= 11 is 2.05. The van der Waals surface area contributed by atoms with Crippen LogP contribution < -0.4 is 5.32 Å². The maximum absolute atomic E-state index is 4.15. The Kier molecular flexibility index (Phi) is 8.53. The van der Waals surface area contributed by atoms with Crippen molar-refractivity contribution in [1.29, 1.82) is 0 Å². The van der Waals surface area contributed by atoms with Crippen molar-refractivity contribution < 1.29 is 0 Å². The molecule has 1 aliphatic heterocycles. The van der Waals surface area contributed by atoms with Crippen LogP contribution in [0.2, 0.25) is 0 Å². The van der Waals surface area contributed by atoms with Crippen LogP contribution in [-0.4, -0.2) is 11.3 Å². The summed E-state index contributed by atoms with van der Waals surface area (Å²) in [5.74, 6) is 1.17. The van der Waals surface area contributed by atoms with E-state index in [1.807, 2.05) is 0 Å². The van der Waals surface area contributed by atoms with Crippen molar-refractivity contribution in [3.63, 3.8) is 0 Å². The van der Waals surface area contributed by atoms with E-state index in [1.54, 1.807) is 0 Å². The molecule has 0 bridgehead atoms. The van der Waals surface area contributed by atoms with E-state index in [0.29, 0.717) is 6.04 Å². The number of nitrogens with one attached hydrogen (secondary N) is 1. The lowest BCUT2D eigenvalue weighted by Gasteiger charge is -2.37. The zero-order valence-corrected chi connectivity index (χ0v) is 17.7. The van der Waals surface area contributed by atoms with Gasteiger partial charge in [0.15, 0.2) is 0 Å². The van der Waals surface area contributed by atoms with Crippen molar-refractivity contribution in [2.45, 2.75) is 68.8 Å². The second kappa shape index (κ2) is 10.4. The number of halogens is 1. The molecule has 2 aromatic carbocycles. The van der Waals surface area contributed by atoms with E-state index in [2.05, 4.69) is 85.5 Å². The summed E-state index contributed by atoms with van der Waals surface area (Å²) in [4.78, 5) is 1.44. The van der Waals surface area contributed by atoms with Crippen LogP contribution in [0.4, 0.5) is 0 Å². The van der Waals surface area contributed by atoms with Crippen LogP contribution in [0.15, 0.2) is 59.5 Å². The van der Waals surface area contributed by atoms with E-state index in [9.17, 15) is 0 Å². The van der Waals surface area contributed by atoms with Gasteiger partial charge >= 0.3 is 0 Å². The Morgan fingerprint density at radius 1 is 0.923 bits per heavy atom. The first-order valence-corrected chi connectivity index (χ1v) is 10.8. The Hall–Kier alpha value is -0.960. The summed E-state index contributed by atoms with van der Waals surface area (Å²) in [6.45, 7) is 4.61. The van der Waals surface area contributed by atoms with Gasteiger partial charge in [0.05, 0.1) is 6.04 Å². The first-order valence-electron chi connectivity index (χ1n) is 9.82. The molecule has 1 heterocycles. The SMILES string of the molecule is CCCCC1(CCCC)CSc2ccccc2C(c2ccccc2)N1.Cl. The number of fused-ring (bicyclic) bond motifs is 1. The molecular formula is C23H32ClNS. The second-order valence-corrected chi connectivity index (χ2v) is 8.32. The Labute approximate surface area is 169 Å². The third-order valence-corrected chi connectivity index (χ3v) is 6.71. The topological polar surface area (TPSA) is 12.0 Å². The van der Waals surface area contributed by atoms with Crippen LogP contribution in [0, 0.1) is 0 Å². The minimum atomic E-state index is 0. The summed E-state index contributed by atoms with van der Waals surface area (Å²) in [6.07, 6.45) is 7.68. The Bertz CT molecular complexity index is 650. The molecule has 0 fully saturated rings. The smallest absolute Gasteiger partial charge is 0.0592 e. The molecule has 3 heteroatoms. The molecule has 1 N–H and O–H groups in total. The molecule has 2 aromatic rings. The Balaban J connectivity index is 0.00000243. The van der Waals surface area contributed by atoms with Crippen molar-refractivity contribution in [3.05, 3.63) is 65.7 Å². The fourth-order valence-electron chi connectivity index (χ4n) is 3.84. The number of thioether (sulfide) groups is 1. The van der Waals surface area contributed by atoms with E-state index < -0.39 is 0 Å². The van der Waals surface area contributed by atoms with Crippen LogP contribution >= 0.6 is 24.2 Å². The van der Waals surface area contributed by atoms with Crippen LogP contribution in [0.25, 0.3) is 0 Å². The summed E-state index contributed by atoms with van der Waals surface area (Å²) < 4.78 is 0. The fourth-order valence-corrected chi connectivity index (χ4v) is 5.18. The lowest BCUT2D eigenvalue weighted by atomic mass is 9.86. The monoisotopic (exact) mass is 389 g/mol. The van der Waals surface area contributed by atoms with Gasteiger partial charge in [-0.15, -0.1) is 24.2 Å². The summed E-state index contributed by atoms with van der Waals surface area (Å²) in [5, 5.41) is 4.15. The van der Waals surface area contributed by atoms with Crippen LogP contribution in [-0.2, 0) is 0 Å². The van der Waals surface area contributed by atoms with E-state index in [0.717, 1.165) is 0 Å². The summed E-state index contributed by atoms with van der Waals surface area (Å²) in [5.41, 5.74) is 3.05. The molecule has 0 aliphatic carbocycles. The van der Waals surface area contributed by atoms with Gasteiger partial charge in [-0.3, -0.25) is 5.32 Å². The minimum absolute atomic E-state index is 0. The second-order valence-electron chi connectivity index (χ2n) is 7.30. The molecular weight excluding hydrogens is 358 g/mol. The van der Waals surface area contributed by atoms with Crippen LogP contribution in [0.5, 0.6) is 0 Å². The number of rotatable bonds is 7. The molecule has 1 unspecified atom stereocenters. The molecule has 0 spiro atoms. The fraction of sp³-hybridized carbons (Fsp3) is 0.478. The average molecular weight is 390 g/mol. The summed E-state index contributed by atoms with van der Waals surface area (Å²) in [7, 11) is 0. The number of hydrogen-bond donors (Lipinski definition) is 1. The highest BCUT2D eigenvalue weighted by atomic mass is 35.5. The first kappa shape index (κ1) is 21.3. The van der Waals surface area contributed by atoms with E-state index in [4.69, 9.17) is 0 Å². The highest BCUT2D eigenvalue weighted by Crippen LogP contribution is 2.41. The number of unbranched alkanes of at least 4 members (excludes halogenated alkanes) is 2. The Morgan fingerprint density at radius 2 is 1.54 bits per heavy atom. The molecule has 0 saturated carbocycles. The molecule has 0 amide bonds. The highest BCUT2D eigenvalue weighted by Gasteiger charge is 2.36. The molecule has 0 aromatic heterocycles. The Morgan fingerprint density at radius 3 is 2.19 bits per heavy atom. The van der Waals surface area contributed by atoms with E-state index in [1.165, 1.54) is 60.3 Å². The highest BCUT2D eigenvalue weighted by molar-refractivity contribution is 7.99. The van der Waals surface area contributed by atoms with Gasteiger partial charge in [0, 0.05) is 16.2 Å². The molecule has 0 radical (unpaired) electrons. The van der Waals surface area contributed by atoms with Gasteiger partial charge in [-0.25, -0.2) is 0 Å². The van der Waals surface area contributed by atoms with E-state index >= 15 is 0 Å². The van der Waals surface area contributed by atoms with Gasteiger partial charge in [-0.05, 0) is 30.0 Å². The van der Waals surface area contributed by atoms with Gasteiger partial charge < -0.3 is 0 Å². The van der Waals surface area contributed by atoms with E-state index in [-0.39, 0.29) is 17.9 Å². The van der Waals surface area contributed by atoms with Gasteiger partial charge in [-0.2, -0.15) is 0 Å². The molecule has 1 atom stereocenters. The lowest BCUT2D eigenvalue weighted by molar-refractivity contribution is 0.281. The average Bonchev–Trinajstić information content (AvgIpc) is 2.84. The van der Waals surface area contributed by atoms with Gasteiger partial charge in [0.2, 0.25) is 0 Å². The maximum Gasteiger partial charge on any atom is 0.0592 e. The quantitative estimate of drug-likeness (QED) is 0.546. The minimum Gasteiger partial charge on any atom is -0.300 e. The van der Waals surface area contributed by atoms with Crippen molar-refractivity contribution in [2.24, 2.45) is 0 Å². The van der Waals surface area contributed by atoms with Crippen molar-refractivity contribution in [2.75, 3.05) is 5.75 Å². The standard InChI is InChI=1S/C23H31NS.ClH/c1-3-5-16-23(17-6-4-2)18-25-21-15-11-10-14-20(21)22(24-23)19-12-8-7-9-13-19;/h7-15,22,24H,3-6,16-18H2,1-2H3;1H. The first-order chi connectivity index (χ1) is 12.3. The maximum atomic E-state index is 4.15. The van der Waals surface area contributed by atoms with Gasteiger partial charge in [-0.1, -0.05) is 88.1 Å². The van der Waals surface area contributed by atoms with Crippen LogP contribution in [0.3, 0.4) is 0 Å².